The number of hydrogen-bond donors (Lipinski definition) is 0. The molecule has 0 fully saturated rings. The molecule has 0 aromatic heterocycles. The molecule has 44 valence electrons. The van der Waals surface area contributed by atoms with Crippen molar-refractivity contribution in [1.82, 2.24) is 0 Å². The van der Waals surface area contributed by atoms with Crippen LogP contribution in [0.2, 0.25) is 5.21 Å². The van der Waals surface area contributed by atoms with Crippen molar-refractivity contribution < 1.29 is 0 Å². The third kappa shape index (κ3) is 7.14. The first-order valence-corrected chi connectivity index (χ1v) is 8.48. The van der Waals surface area contributed by atoms with Crippen molar-refractivity contribution in [3.8, 4) is 0 Å². The molecule has 3 heteroatoms. The Bertz CT molecular complexity index is 39.0. The van der Waals surface area contributed by atoms with Crippen LogP contribution in [0.15, 0.2) is 0 Å². The Morgan fingerprint density at radius 3 is 1.86 bits per heavy atom. The van der Waals surface area contributed by atoms with Crippen molar-refractivity contribution in [2.24, 2.45) is 5.92 Å². The summed E-state index contributed by atoms with van der Waals surface area (Å²) in [6.07, 6.45) is 0. The summed E-state index contributed by atoms with van der Waals surface area (Å²) in [7, 11) is 11.2. The molecule has 0 N–H and O–H groups in total. The van der Waals surface area contributed by atoms with Crippen molar-refractivity contribution >= 4 is 32.7 Å². The van der Waals surface area contributed by atoms with Crippen molar-refractivity contribution in [1.29, 1.82) is 0 Å². The zero-order valence-corrected chi connectivity index (χ0v) is 7.88. The second-order valence-corrected chi connectivity index (χ2v) is 9.06. The third-order valence-electron chi connectivity index (χ3n) is 0.503. The minimum atomic E-state index is -1.34. The van der Waals surface area contributed by atoms with Crippen molar-refractivity contribution in [3.05, 3.63) is 0 Å². The predicted octanol–water partition coefficient (Wildman–Crippen LogP) is 2.61. The topological polar surface area (TPSA) is 0 Å². The van der Waals surface area contributed by atoms with Gasteiger partial charge in [0.05, 0.1) is 0 Å². The van der Waals surface area contributed by atoms with E-state index in [0.29, 0.717) is 5.92 Å². The van der Waals surface area contributed by atoms with Gasteiger partial charge in [-0.1, -0.05) is 0 Å². The van der Waals surface area contributed by atoms with E-state index in [1.54, 1.807) is 0 Å². The Morgan fingerprint density at radius 1 is 1.43 bits per heavy atom. The molecular formula is C4H9AsCl2. The summed E-state index contributed by atoms with van der Waals surface area (Å²) in [6.45, 7) is 4.26. The molecule has 0 aliphatic heterocycles. The van der Waals surface area contributed by atoms with Gasteiger partial charge in [-0.05, 0) is 0 Å². The van der Waals surface area contributed by atoms with E-state index in [4.69, 9.17) is 19.9 Å². The molecule has 0 saturated carbocycles. The summed E-state index contributed by atoms with van der Waals surface area (Å²) in [5.74, 6) is 0.676. The zero-order valence-electron chi connectivity index (χ0n) is 4.49. The average molecular weight is 203 g/mol. The zero-order chi connectivity index (χ0) is 5.86. The van der Waals surface area contributed by atoms with Gasteiger partial charge in [-0.15, -0.1) is 0 Å². The van der Waals surface area contributed by atoms with Gasteiger partial charge in [-0.3, -0.25) is 0 Å². The standard InChI is InChI=1S/C4H9AsCl2/c1-4(2)3-5(6)7/h4H,3H2,1-2H3. The molecule has 0 radical (unpaired) electrons. The number of rotatable bonds is 2. The Kier molecular flexibility index (Phi) is 4.72. The second-order valence-electron chi connectivity index (χ2n) is 1.88. The Hall–Kier alpha value is 1.14. The van der Waals surface area contributed by atoms with Crippen LogP contribution in [0.4, 0.5) is 0 Å². The maximum atomic E-state index is 5.58. The van der Waals surface area contributed by atoms with Gasteiger partial charge in [0.2, 0.25) is 0 Å². The van der Waals surface area contributed by atoms with E-state index in [-0.39, 0.29) is 0 Å². The fourth-order valence-electron chi connectivity index (χ4n) is 0.276. The molecule has 0 atom stereocenters. The van der Waals surface area contributed by atoms with Gasteiger partial charge < -0.3 is 0 Å². The molecule has 0 aliphatic rings. The number of hydrogen-bond acceptors (Lipinski definition) is 0. The van der Waals surface area contributed by atoms with Gasteiger partial charge in [0.25, 0.3) is 0 Å². The fraction of sp³-hybridized carbons (Fsp3) is 1.00. The van der Waals surface area contributed by atoms with Gasteiger partial charge >= 0.3 is 57.6 Å². The normalized spacial score (nSPS) is 11.1. The molecular weight excluding hydrogens is 194 g/mol. The van der Waals surface area contributed by atoms with Crippen molar-refractivity contribution in [2.75, 3.05) is 0 Å². The first kappa shape index (κ1) is 8.14. The second kappa shape index (κ2) is 4.06. The van der Waals surface area contributed by atoms with E-state index in [0.717, 1.165) is 5.21 Å². The quantitative estimate of drug-likeness (QED) is 0.605. The van der Waals surface area contributed by atoms with Crippen LogP contribution in [-0.4, -0.2) is 12.8 Å². The fourth-order valence-corrected chi connectivity index (χ4v) is 4.30. The van der Waals surface area contributed by atoms with E-state index < -0.39 is 12.8 Å². The summed E-state index contributed by atoms with van der Waals surface area (Å²) in [5, 5.41) is 1.04. The average Bonchev–Trinajstić information content (AvgIpc) is 1.27. The van der Waals surface area contributed by atoms with Gasteiger partial charge in [-0.2, -0.15) is 0 Å². The summed E-state index contributed by atoms with van der Waals surface area (Å²) >= 11 is -1.34. The molecule has 0 amide bonds. The summed E-state index contributed by atoms with van der Waals surface area (Å²) in [4.78, 5) is 0. The molecule has 0 spiro atoms. The predicted molar refractivity (Wildman–Crippen MR) is 37.1 cm³/mol. The van der Waals surface area contributed by atoms with E-state index in [2.05, 4.69) is 13.8 Å². The SMILES string of the molecule is CC(C)C[As](Cl)Cl. The molecule has 0 heterocycles. The van der Waals surface area contributed by atoms with Crippen LogP contribution < -0.4 is 0 Å². The first-order valence-electron chi connectivity index (χ1n) is 2.22. The van der Waals surface area contributed by atoms with Crippen LogP contribution >= 0.6 is 19.9 Å². The van der Waals surface area contributed by atoms with Crippen LogP contribution in [0, 0.1) is 5.92 Å². The number of halogens is 2. The van der Waals surface area contributed by atoms with Crippen LogP contribution in [0.1, 0.15) is 13.8 Å². The summed E-state index contributed by atoms with van der Waals surface area (Å²) in [6, 6.07) is 0. The van der Waals surface area contributed by atoms with Crippen molar-refractivity contribution in [3.63, 3.8) is 0 Å². The third-order valence-corrected chi connectivity index (χ3v) is 4.05. The van der Waals surface area contributed by atoms with Gasteiger partial charge in [0, 0.05) is 0 Å². The molecule has 0 nitrogen and oxygen atoms in total. The van der Waals surface area contributed by atoms with Crippen molar-refractivity contribution in [2.45, 2.75) is 19.1 Å². The molecule has 0 bridgehead atoms. The maximum absolute atomic E-state index is 5.58. The monoisotopic (exact) mass is 202 g/mol. The Balaban J connectivity index is 2.95. The Labute approximate surface area is 57.8 Å². The van der Waals surface area contributed by atoms with Crippen LogP contribution in [0.5, 0.6) is 0 Å². The minimum absolute atomic E-state index is 0.676. The van der Waals surface area contributed by atoms with E-state index in [1.807, 2.05) is 0 Å². The summed E-state index contributed by atoms with van der Waals surface area (Å²) in [5.41, 5.74) is 0. The van der Waals surface area contributed by atoms with Gasteiger partial charge in [0.1, 0.15) is 0 Å². The van der Waals surface area contributed by atoms with Crippen LogP contribution in [0.25, 0.3) is 0 Å². The van der Waals surface area contributed by atoms with E-state index >= 15 is 0 Å². The van der Waals surface area contributed by atoms with Gasteiger partial charge in [-0.25, -0.2) is 0 Å². The van der Waals surface area contributed by atoms with E-state index in [9.17, 15) is 0 Å². The van der Waals surface area contributed by atoms with Gasteiger partial charge in [0.15, 0.2) is 0 Å². The molecule has 0 rings (SSSR count). The van der Waals surface area contributed by atoms with Crippen LogP contribution in [-0.2, 0) is 0 Å². The first-order chi connectivity index (χ1) is 3.13. The molecule has 0 aromatic carbocycles. The van der Waals surface area contributed by atoms with Crippen LogP contribution in [0.3, 0.4) is 0 Å². The molecule has 0 aliphatic carbocycles. The van der Waals surface area contributed by atoms with E-state index in [1.165, 1.54) is 0 Å². The molecule has 7 heavy (non-hydrogen) atoms. The summed E-state index contributed by atoms with van der Waals surface area (Å²) < 4.78 is 0. The Morgan fingerprint density at radius 2 is 1.86 bits per heavy atom. The molecule has 0 unspecified atom stereocenters. The molecule has 0 saturated heterocycles. The molecule has 0 aromatic rings.